The van der Waals surface area contributed by atoms with Crippen LogP contribution in [0, 0.1) is 0 Å². The van der Waals surface area contributed by atoms with Gasteiger partial charge in [0.25, 0.3) is 0 Å². The van der Waals surface area contributed by atoms with Crippen molar-refractivity contribution in [1.82, 2.24) is 5.32 Å². The smallest absolute Gasteiger partial charge is 0.118 e. The normalized spacial score (nSPS) is 34.0. The summed E-state index contributed by atoms with van der Waals surface area (Å²) < 4.78 is 10.8. The lowest BCUT2D eigenvalue weighted by molar-refractivity contribution is 0.106. The van der Waals surface area contributed by atoms with Crippen LogP contribution >= 0.6 is 0 Å². The van der Waals surface area contributed by atoms with E-state index >= 15 is 0 Å². The zero-order valence-electron chi connectivity index (χ0n) is 11.8. The van der Waals surface area contributed by atoms with E-state index in [1.807, 2.05) is 0 Å². The van der Waals surface area contributed by atoms with E-state index < -0.39 is 0 Å². The molecule has 2 unspecified atom stereocenters. The Balaban J connectivity index is 1.49. The summed E-state index contributed by atoms with van der Waals surface area (Å²) in [6.45, 7) is 3.08. The van der Waals surface area contributed by atoms with Gasteiger partial charge in [0.2, 0.25) is 0 Å². The van der Waals surface area contributed by atoms with Crippen molar-refractivity contribution in [3.8, 4) is 5.75 Å². The fraction of sp³-hybridized carbons (Fsp3) is 0.625. The van der Waals surface area contributed by atoms with E-state index in [-0.39, 0.29) is 0 Å². The number of hydrogen-bond acceptors (Lipinski definition) is 3. The quantitative estimate of drug-likeness (QED) is 0.904. The minimum absolute atomic E-state index is 0.375. The highest BCUT2D eigenvalue weighted by Gasteiger charge is 2.34. The van der Waals surface area contributed by atoms with Gasteiger partial charge in [-0.25, -0.2) is 0 Å². The molecule has 19 heavy (non-hydrogen) atoms. The van der Waals surface area contributed by atoms with Gasteiger partial charge in [0.15, 0.2) is 0 Å². The predicted molar refractivity (Wildman–Crippen MR) is 75.7 cm³/mol. The van der Waals surface area contributed by atoms with E-state index in [0.29, 0.717) is 24.1 Å². The summed E-state index contributed by atoms with van der Waals surface area (Å²) in [6.07, 6.45) is 4.02. The summed E-state index contributed by atoms with van der Waals surface area (Å²) in [5, 5.41) is 3.74. The van der Waals surface area contributed by atoms with Gasteiger partial charge in [-0.05, 0) is 49.8 Å². The second kappa shape index (κ2) is 5.51. The molecule has 1 aromatic carbocycles. The van der Waals surface area contributed by atoms with Crippen molar-refractivity contribution in [3.63, 3.8) is 0 Å². The molecule has 2 aliphatic rings. The lowest BCUT2D eigenvalue weighted by atomic mass is 9.75. The van der Waals surface area contributed by atoms with Gasteiger partial charge in [0, 0.05) is 18.7 Å². The molecule has 1 N–H and O–H groups in total. The van der Waals surface area contributed by atoms with Crippen molar-refractivity contribution in [2.24, 2.45) is 0 Å². The summed E-state index contributed by atoms with van der Waals surface area (Å²) in [5.41, 5.74) is 1.44. The topological polar surface area (TPSA) is 30.5 Å². The third-order valence-corrected chi connectivity index (χ3v) is 4.55. The zero-order chi connectivity index (χ0) is 13.2. The number of hydrogen-bond donors (Lipinski definition) is 1. The molecule has 1 saturated carbocycles. The first-order valence-corrected chi connectivity index (χ1v) is 7.28. The molecule has 2 atom stereocenters. The van der Waals surface area contributed by atoms with Crippen LogP contribution in [0.4, 0.5) is 0 Å². The van der Waals surface area contributed by atoms with Crippen LogP contribution in [0.1, 0.15) is 37.7 Å². The largest absolute Gasteiger partial charge is 0.497 e. The van der Waals surface area contributed by atoms with Gasteiger partial charge in [0.05, 0.1) is 13.2 Å². The standard InChI is InChI=1S/C16H23NO2/c1-11-16(7-8-19-11)17-14-9-13(10-14)12-3-5-15(18-2)6-4-12/h3-6,11,13-14,16-17H,7-10H2,1-2H3. The van der Waals surface area contributed by atoms with Crippen LogP contribution in [0.3, 0.4) is 0 Å². The summed E-state index contributed by atoms with van der Waals surface area (Å²) in [7, 11) is 1.71. The van der Waals surface area contributed by atoms with E-state index in [0.717, 1.165) is 18.8 Å². The first kappa shape index (κ1) is 12.9. The van der Waals surface area contributed by atoms with Crippen LogP contribution in [-0.4, -0.2) is 31.9 Å². The highest BCUT2D eigenvalue weighted by atomic mass is 16.5. The molecule has 104 valence electrons. The number of benzene rings is 1. The summed E-state index contributed by atoms with van der Waals surface area (Å²) in [5.74, 6) is 1.65. The van der Waals surface area contributed by atoms with Gasteiger partial charge >= 0.3 is 0 Å². The Morgan fingerprint density at radius 1 is 1.21 bits per heavy atom. The van der Waals surface area contributed by atoms with Crippen molar-refractivity contribution >= 4 is 0 Å². The molecule has 0 amide bonds. The fourth-order valence-corrected chi connectivity index (χ4v) is 3.16. The van der Waals surface area contributed by atoms with Crippen LogP contribution in [0.15, 0.2) is 24.3 Å². The van der Waals surface area contributed by atoms with Gasteiger partial charge in [-0.3, -0.25) is 0 Å². The van der Waals surface area contributed by atoms with E-state index in [1.165, 1.54) is 18.4 Å². The highest BCUT2D eigenvalue weighted by Crippen LogP contribution is 2.38. The Morgan fingerprint density at radius 3 is 2.53 bits per heavy atom. The number of ether oxygens (including phenoxy) is 2. The maximum atomic E-state index is 5.60. The van der Waals surface area contributed by atoms with Crippen LogP contribution in [0.25, 0.3) is 0 Å². The first-order valence-electron chi connectivity index (χ1n) is 7.28. The molecular formula is C16H23NO2. The van der Waals surface area contributed by atoms with Crippen LogP contribution in [-0.2, 0) is 4.74 Å². The minimum atomic E-state index is 0.375. The maximum absolute atomic E-state index is 5.60. The van der Waals surface area contributed by atoms with E-state index in [2.05, 4.69) is 36.5 Å². The molecule has 3 nitrogen and oxygen atoms in total. The Labute approximate surface area is 115 Å². The van der Waals surface area contributed by atoms with Gasteiger partial charge in [-0.2, -0.15) is 0 Å². The Bertz CT molecular complexity index is 411. The Kier molecular flexibility index (Phi) is 3.76. The third kappa shape index (κ3) is 2.77. The molecule has 0 spiro atoms. The molecule has 3 rings (SSSR count). The van der Waals surface area contributed by atoms with Crippen molar-refractivity contribution in [1.29, 1.82) is 0 Å². The minimum Gasteiger partial charge on any atom is -0.497 e. The van der Waals surface area contributed by atoms with Crippen molar-refractivity contribution in [2.45, 2.75) is 50.3 Å². The summed E-state index contributed by atoms with van der Waals surface area (Å²) >= 11 is 0. The van der Waals surface area contributed by atoms with Crippen molar-refractivity contribution < 1.29 is 9.47 Å². The SMILES string of the molecule is COc1ccc(C2CC(NC3CCOC3C)C2)cc1. The second-order valence-corrected chi connectivity index (χ2v) is 5.78. The zero-order valence-corrected chi connectivity index (χ0v) is 11.8. The molecule has 1 heterocycles. The van der Waals surface area contributed by atoms with Gasteiger partial charge in [-0.1, -0.05) is 12.1 Å². The van der Waals surface area contributed by atoms with E-state index in [9.17, 15) is 0 Å². The Hall–Kier alpha value is -1.06. The second-order valence-electron chi connectivity index (χ2n) is 5.78. The number of nitrogens with one attached hydrogen (secondary N) is 1. The first-order chi connectivity index (χ1) is 9.26. The molecule has 1 saturated heterocycles. The van der Waals surface area contributed by atoms with Gasteiger partial charge in [0.1, 0.15) is 5.75 Å². The average molecular weight is 261 g/mol. The van der Waals surface area contributed by atoms with E-state index in [4.69, 9.17) is 9.47 Å². The van der Waals surface area contributed by atoms with Crippen LogP contribution in [0.2, 0.25) is 0 Å². The molecule has 0 bridgehead atoms. The molecule has 0 aromatic heterocycles. The van der Waals surface area contributed by atoms with Crippen molar-refractivity contribution in [2.75, 3.05) is 13.7 Å². The summed E-state index contributed by atoms with van der Waals surface area (Å²) in [6, 6.07) is 9.73. The molecular weight excluding hydrogens is 238 g/mol. The van der Waals surface area contributed by atoms with Crippen LogP contribution in [0.5, 0.6) is 5.75 Å². The molecule has 1 aromatic rings. The fourth-order valence-electron chi connectivity index (χ4n) is 3.16. The Morgan fingerprint density at radius 2 is 1.95 bits per heavy atom. The van der Waals surface area contributed by atoms with Gasteiger partial charge < -0.3 is 14.8 Å². The van der Waals surface area contributed by atoms with Gasteiger partial charge in [-0.15, -0.1) is 0 Å². The molecule has 3 heteroatoms. The lowest BCUT2D eigenvalue weighted by Gasteiger charge is -2.38. The highest BCUT2D eigenvalue weighted by molar-refractivity contribution is 5.31. The molecule has 1 aliphatic heterocycles. The maximum Gasteiger partial charge on any atom is 0.118 e. The molecule has 2 fully saturated rings. The van der Waals surface area contributed by atoms with Crippen molar-refractivity contribution in [3.05, 3.63) is 29.8 Å². The average Bonchev–Trinajstić information content (AvgIpc) is 2.79. The predicted octanol–water partition coefficient (Wildman–Crippen LogP) is 2.71. The lowest BCUT2D eigenvalue weighted by Crippen LogP contribution is -2.47. The number of rotatable bonds is 4. The summed E-state index contributed by atoms with van der Waals surface area (Å²) in [4.78, 5) is 0. The third-order valence-electron chi connectivity index (χ3n) is 4.55. The molecule has 1 aliphatic carbocycles. The number of methoxy groups -OCH3 is 1. The monoisotopic (exact) mass is 261 g/mol. The van der Waals surface area contributed by atoms with Crippen LogP contribution < -0.4 is 10.1 Å². The molecule has 0 radical (unpaired) electrons. The van der Waals surface area contributed by atoms with E-state index in [1.54, 1.807) is 7.11 Å².